The summed E-state index contributed by atoms with van der Waals surface area (Å²) in [6.07, 6.45) is -4.94. The molecular weight excluding hydrogens is 383 g/mol. The number of nitrogens with zero attached hydrogens (tertiary/aromatic N) is 5. The van der Waals surface area contributed by atoms with Gasteiger partial charge < -0.3 is 4.74 Å². The summed E-state index contributed by atoms with van der Waals surface area (Å²) in [5.41, 5.74) is -0.160. The molecule has 0 aliphatic carbocycles. The zero-order valence-corrected chi connectivity index (χ0v) is 14.3. The Morgan fingerprint density at radius 2 is 1.89 bits per heavy atom. The van der Waals surface area contributed by atoms with Crippen LogP contribution in [0.1, 0.15) is 11.1 Å². The van der Waals surface area contributed by atoms with Crippen LogP contribution in [0.2, 0.25) is 0 Å². The predicted molar refractivity (Wildman–Crippen MR) is 89.2 cm³/mol. The van der Waals surface area contributed by atoms with Gasteiger partial charge in [0, 0.05) is 11.6 Å². The molecule has 146 valence electrons. The number of para-hydroxylation sites is 2. The Kier molecular flexibility index (Phi) is 4.86. The molecule has 0 aliphatic heterocycles. The lowest BCUT2D eigenvalue weighted by atomic mass is 10.1. The number of nitro benzene ring substituents is 1. The lowest BCUT2D eigenvalue weighted by molar-refractivity contribution is -0.385. The smallest absolute Gasteiger partial charge is 0.403 e. The van der Waals surface area contributed by atoms with Crippen molar-refractivity contribution in [3.8, 4) is 11.4 Å². The molecule has 0 bridgehead atoms. The van der Waals surface area contributed by atoms with Gasteiger partial charge in [-0.05, 0) is 41.1 Å². The van der Waals surface area contributed by atoms with Crippen LogP contribution in [-0.2, 0) is 6.54 Å². The summed E-state index contributed by atoms with van der Waals surface area (Å²) in [4.78, 5) is 22.8. The Hall–Kier alpha value is -3.70. The van der Waals surface area contributed by atoms with E-state index in [1.807, 2.05) is 0 Å². The minimum Gasteiger partial charge on any atom is -0.403 e. The molecule has 2 aromatic carbocycles. The molecule has 0 saturated carbocycles. The van der Waals surface area contributed by atoms with E-state index in [-0.39, 0.29) is 17.9 Å². The number of benzene rings is 2. The van der Waals surface area contributed by atoms with Gasteiger partial charge in [-0.3, -0.25) is 10.1 Å². The summed E-state index contributed by atoms with van der Waals surface area (Å²) < 4.78 is 43.2. The molecule has 0 aliphatic rings. The van der Waals surface area contributed by atoms with Crippen molar-refractivity contribution in [1.29, 1.82) is 0 Å². The van der Waals surface area contributed by atoms with E-state index in [1.165, 1.54) is 36.4 Å². The van der Waals surface area contributed by atoms with Crippen LogP contribution < -0.4 is 10.4 Å². The summed E-state index contributed by atoms with van der Waals surface area (Å²) in [6.45, 7) is 1.48. The minimum absolute atomic E-state index is 0.0695. The lowest BCUT2D eigenvalue weighted by Crippen LogP contribution is -2.26. The van der Waals surface area contributed by atoms with Crippen molar-refractivity contribution in [2.75, 3.05) is 0 Å². The van der Waals surface area contributed by atoms with Crippen LogP contribution in [0.5, 0.6) is 5.75 Å². The number of rotatable bonds is 5. The van der Waals surface area contributed by atoms with Crippen molar-refractivity contribution >= 4 is 5.69 Å². The summed E-state index contributed by atoms with van der Waals surface area (Å²) in [7, 11) is 0. The highest BCUT2D eigenvalue weighted by Gasteiger charge is 2.32. The molecule has 0 saturated heterocycles. The Balaban J connectivity index is 1.93. The van der Waals surface area contributed by atoms with Crippen LogP contribution in [0.25, 0.3) is 5.69 Å². The van der Waals surface area contributed by atoms with Gasteiger partial charge in [-0.1, -0.05) is 18.2 Å². The van der Waals surface area contributed by atoms with Gasteiger partial charge >= 0.3 is 12.1 Å². The van der Waals surface area contributed by atoms with Crippen LogP contribution in [0.15, 0.2) is 47.3 Å². The average molecular weight is 395 g/mol. The molecule has 0 fully saturated rings. The number of alkyl halides is 3. The van der Waals surface area contributed by atoms with Crippen LogP contribution >= 0.6 is 0 Å². The van der Waals surface area contributed by atoms with Gasteiger partial charge in [-0.2, -0.15) is 9.36 Å². The van der Waals surface area contributed by atoms with Crippen molar-refractivity contribution in [2.24, 2.45) is 0 Å². The second-order valence-electron chi connectivity index (χ2n) is 5.72. The summed E-state index contributed by atoms with van der Waals surface area (Å²) >= 11 is 0. The minimum atomic E-state index is -4.94. The molecule has 0 unspecified atom stereocenters. The molecular formula is C16H12F3N5O4. The maximum Gasteiger partial charge on any atom is 0.573 e. The van der Waals surface area contributed by atoms with E-state index in [0.29, 0.717) is 15.8 Å². The van der Waals surface area contributed by atoms with E-state index in [0.717, 1.165) is 10.7 Å². The number of tetrazole rings is 1. The normalized spacial score (nSPS) is 11.4. The molecule has 3 aromatic rings. The van der Waals surface area contributed by atoms with Gasteiger partial charge in [0.15, 0.2) is 5.75 Å². The van der Waals surface area contributed by atoms with Gasteiger partial charge in [0.1, 0.15) is 5.69 Å². The largest absolute Gasteiger partial charge is 0.573 e. The zero-order chi connectivity index (χ0) is 20.5. The SMILES string of the molecule is Cc1cc(Cn2nnn(-c3ccccc3OC(F)(F)F)c2=O)ccc1[N+](=O)[O-]. The van der Waals surface area contributed by atoms with Crippen LogP contribution in [-0.4, -0.2) is 31.1 Å². The highest BCUT2D eigenvalue weighted by molar-refractivity contribution is 5.45. The third-order valence-electron chi connectivity index (χ3n) is 3.75. The van der Waals surface area contributed by atoms with Crippen molar-refractivity contribution in [2.45, 2.75) is 19.8 Å². The molecule has 28 heavy (non-hydrogen) atoms. The molecule has 0 atom stereocenters. The number of aryl methyl sites for hydroxylation is 1. The third kappa shape index (κ3) is 4.00. The van der Waals surface area contributed by atoms with Crippen LogP contribution in [0.4, 0.5) is 18.9 Å². The first kappa shape index (κ1) is 19.1. The van der Waals surface area contributed by atoms with Crippen LogP contribution in [0.3, 0.4) is 0 Å². The number of aromatic nitrogens is 4. The van der Waals surface area contributed by atoms with E-state index in [4.69, 9.17) is 0 Å². The standard InChI is InChI=1S/C16H12F3N5O4/c1-10-8-11(6-7-12(10)24(26)27)9-22-15(25)23(21-20-22)13-4-2-3-5-14(13)28-16(17,18)19/h2-8H,9H2,1H3. The average Bonchev–Trinajstić information content (AvgIpc) is 2.94. The zero-order valence-electron chi connectivity index (χ0n) is 14.3. The Bertz CT molecular complexity index is 1090. The van der Waals surface area contributed by atoms with E-state index in [2.05, 4.69) is 15.2 Å². The fraction of sp³-hybridized carbons (Fsp3) is 0.188. The summed E-state index contributed by atoms with van der Waals surface area (Å²) in [5.74, 6) is -0.602. The quantitative estimate of drug-likeness (QED) is 0.486. The molecule has 0 spiro atoms. The lowest BCUT2D eigenvalue weighted by Gasteiger charge is -2.11. The third-order valence-corrected chi connectivity index (χ3v) is 3.75. The number of hydrogen-bond donors (Lipinski definition) is 0. The number of nitro groups is 1. The van der Waals surface area contributed by atoms with E-state index in [1.54, 1.807) is 6.92 Å². The van der Waals surface area contributed by atoms with Gasteiger partial charge in [-0.15, -0.1) is 13.2 Å². The molecule has 9 nitrogen and oxygen atoms in total. The van der Waals surface area contributed by atoms with E-state index in [9.17, 15) is 28.1 Å². The topological polar surface area (TPSA) is 105 Å². The van der Waals surface area contributed by atoms with Gasteiger partial charge in [-0.25, -0.2) is 4.79 Å². The molecule has 12 heteroatoms. The number of halogens is 3. The maximum atomic E-state index is 12.6. The number of hydrogen-bond acceptors (Lipinski definition) is 6. The van der Waals surface area contributed by atoms with Crippen molar-refractivity contribution in [1.82, 2.24) is 19.8 Å². The molecule has 0 amide bonds. The molecule has 1 heterocycles. The first-order valence-corrected chi connectivity index (χ1v) is 7.77. The second kappa shape index (κ2) is 7.13. The highest BCUT2D eigenvalue weighted by Crippen LogP contribution is 2.27. The molecule has 0 N–H and O–H groups in total. The van der Waals surface area contributed by atoms with Crippen molar-refractivity contribution in [3.63, 3.8) is 0 Å². The van der Waals surface area contributed by atoms with Gasteiger partial charge in [0.05, 0.1) is 11.5 Å². The summed E-state index contributed by atoms with van der Waals surface area (Å²) in [6, 6.07) is 9.29. The van der Waals surface area contributed by atoms with Crippen LogP contribution in [0, 0.1) is 17.0 Å². The fourth-order valence-electron chi connectivity index (χ4n) is 2.56. The molecule has 0 radical (unpaired) electrons. The number of ether oxygens (including phenoxy) is 1. The monoisotopic (exact) mass is 395 g/mol. The van der Waals surface area contributed by atoms with Crippen molar-refractivity contribution in [3.05, 3.63) is 74.2 Å². The second-order valence-corrected chi connectivity index (χ2v) is 5.72. The first-order valence-electron chi connectivity index (χ1n) is 7.77. The van der Waals surface area contributed by atoms with Gasteiger partial charge in [0.25, 0.3) is 5.69 Å². The molecule has 3 rings (SSSR count). The summed E-state index contributed by atoms with van der Waals surface area (Å²) in [5, 5.41) is 18.1. The van der Waals surface area contributed by atoms with Crippen molar-refractivity contribution < 1.29 is 22.8 Å². The predicted octanol–water partition coefficient (Wildman–Crippen LogP) is 2.59. The Labute approximate surface area is 154 Å². The molecule has 1 aromatic heterocycles. The fourth-order valence-corrected chi connectivity index (χ4v) is 2.56. The Morgan fingerprint density at radius 3 is 2.54 bits per heavy atom. The van der Waals surface area contributed by atoms with E-state index >= 15 is 0 Å². The highest BCUT2D eigenvalue weighted by atomic mass is 19.4. The first-order chi connectivity index (χ1) is 13.2. The maximum absolute atomic E-state index is 12.6. The van der Waals surface area contributed by atoms with Gasteiger partial charge in [0.2, 0.25) is 0 Å². The van der Waals surface area contributed by atoms with E-state index < -0.39 is 22.7 Å². The Morgan fingerprint density at radius 1 is 1.18 bits per heavy atom.